The molecule has 2 fully saturated rings. The summed E-state index contributed by atoms with van der Waals surface area (Å²) in [7, 11) is 0. The summed E-state index contributed by atoms with van der Waals surface area (Å²) < 4.78 is 5.35. The first-order valence-corrected chi connectivity index (χ1v) is 9.42. The molecule has 1 amide bonds. The molecule has 1 aromatic heterocycles. The SMILES string of the molecule is Nc1nc(N)nc(COC(=O)[C@H]2CS[C@@]3(c4ccccc4)CCC(=O)N23)n1. The third-order valence-corrected chi connectivity index (χ3v) is 6.28. The Hall–Kier alpha value is -2.88. The molecule has 2 atom stereocenters. The van der Waals surface area contributed by atoms with Crippen LogP contribution in [0, 0.1) is 0 Å². The van der Waals surface area contributed by atoms with Crippen LogP contribution in [-0.4, -0.2) is 43.5 Å². The van der Waals surface area contributed by atoms with E-state index in [2.05, 4.69) is 15.0 Å². The van der Waals surface area contributed by atoms with Crippen molar-refractivity contribution < 1.29 is 14.3 Å². The van der Waals surface area contributed by atoms with Crippen molar-refractivity contribution in [2.75, 3.05) is 17.2 Å². The van der Waals surface area contributed by atoms with Crippen LogP contribution in [0.4, 0.5) is 11.9 Å². The van der Waals surface area contributed by atoms with Crippen LogP contribution in [-0.2, 0) is 25.8 Å². The molecule has 0 bridgehead atoms. The molecule has 2 saturated heterocycles. The number of anilines is 2. The molecule has 0 saturated carbocycles. The number of nitrogens with zero attached hydrogens (tertiary/aromatic N) is 4. The third-order valence-electron chi connectivity index (χ3n) is 4.68. The summed E-state index contributed by atoms with van der Waals surface area (Å²) in [5.41, 5.74) is 12.1. The number of amides is 1. The van der Waals surface area contributed by atoms with E-state index >= 15 is 0 Å². The lowest BCUT2D eigenvalue weighted by Gasteiger charge is -2.33. The maximum absolute atomic E-state index is 12.7. The van der Waals surface area contributed by atoms with Crippen molar-refractivity contribution in [2.45, 2.75) is 30.4 Å². The molecule has 10 heteroatoms. The minimum Gasteiger partial charge on any atom is -0.456 e. The Morgan fingerprint density at radius 3 is 2.63 bits per heavy atom. The Bertz CT molecular complexity index is 875. The fraction of sp³-hybridized carbons (Fsp3) is 0.353. The number of aromatic nitrogens is 3. The van der Waals surface area contributed by atoms with Gasteiger partial charge < -0.3 is 21.1 Å². The lowest BCUT2D eigenvalue weighted by atomic mass is 10.0. The molecule has 9 nitrogen and oxygen atoms in total. The van der Waals surface area contributed by atoms with Gasteiger partial charge in [-0.1, -0.05) is 30.3 Å². The number of fused-ring (bicyclic) bond motifs is 1. The molecule has 2 aromatic rings. The zero-order valence-electron chi connectivity index (χ0n) is 14.4. The number of nitrogen functional groups attached to an aromatic ring is 2. The Labute approximate surface area is 159 Å². The Kier molecular flexibility index (Phi) is 4.34. The number of rotatable bonds is 4. The zero-order chi connectivity index (χ0) is 19.0. The van der Waals surface area contributed by atoms with Gasteiger partial charge in [0.05, 0.1) is 0 Å². The maximum atomic E-state index is 12.7. The van der Waals surface area contributed by atoms with Crippen LogP contribution in [0.5, 0.6) is 0 Å². The molecule has 0 radical (unpaired) electrons. The smallest absolute Gasteiger partial charge is 0.330 e. The highest BCUT2D eigenvalue weighted by molar-refractivity contribution is 8.00. The van der Waals surface area contributed by atoms with Gasteiger partial charge in [0.25, 0.3) is 0 Å². The predicted octanol–water partition coefficient (Wildman–Crippen LogP) is 0.670. The van der Waals surface area contributed by atoms with Crippen LogP contribution < -0.4 is 11.5 Å². The van der Waals surface area contributed by atoms with Gasteiger partial charge in [-0.05, 0) is 12.0 Å². The molecule has 27 heavy (non-hydrogen) atoms. The second-order valence-corrected chi connectivity index (χ2v) is 7.61. The van der Waals surface area contributed by atoms with Gasteiger partial charge in [-0.15, -0.1) is 11.8 Å². The molecule has 0 aliphatic carbocycles. The van der Waals surface area contributed by atoms with Gasteiger partial charge in [0.1, 0.15) is 10.9 Å². The standard InChI is InChI=1S/C17H18N6O3S/c18-15-20-12(21-16(19)22-15)8-26-14(25)11-9-27-17(7-6-13(24)23(11)17)10-4-2-1-3-5-10/h1-5,11H,6-9H2,(H4,18,19,20,21,22)/t11-,17-/m1/s1. The molecular weight excluding hydrogens is 368 g/mol. The lowest BCUT2D eigenvalue weighted by Crippen LogP contribution is -2.46. The van der Waals surface area contributed by atoms with Crippen molar-refractivity contribution in [3.63, 3.8) is 0 Å². The van der Waals surface area contributed by atoms with E-state index in [4.69, 9.17) is 16.2 Å². The molecule has 2 aliphatic heterocycles. The first kappa shape index (κ1) is 17.5. The molecule has 4 rings (SSSR count). The number of hydrogen-bond acceptors (Lipinski definition) is 9. The molecule has 2 aliphatic rings. The van der Waals surface area contributed by atoms with E-state index in [1.54, 1.807) is 16.7 Å². The summed E-state index contributed by atoms with van der Waals surface area (Å²) in [6, 6.07) is 9.13. The largest absolute Gasteiger partial charge is 0.456 e. The van der Waals surface area contributed by atoms with Crippen LogP contribution in [0.2, 0.25) is 0 Å². The van der Waals surface area contributed by atoms with Crippen LogP contribution >= 0.6 is 11.8 Å². The van der Waals surface area contributed by atoms with Gasteiger partial charge >= 0.3 is 5.97 Å². The number of esters is 1. The average molecular weight is 386 g/mol. The number of benzene rings is 1. The summed E-state index contributed by atoms with van der Waals surface area (Å²) >= 11 is 1.60. The van der Waals surface area contributed by atoms with Crippen molar-refractivity contribution >= 4 is 35.5 Å². The number of carbonyl (C=O) groups is 2. The molecule has 140 valence electrons. The van der Waals surface area contributed by atoms with Crippen molar-refractivity contribution in [1.29, 1.82) is 0 Å². The van der Waals surface area contributed by atoms with Gasteiger partial charge in [-0.3, -0.25) is 4.79 Å². The summed E-state index contributed by atoms with van der Waals surface area (Å²) in [4.78, 5) is 37.8. The highest BCUT2D eigenvalue weighted by atomic mass is 32.2. The molecule has 0 spiro atoms. The summed E-state index contributed by atoms with van der Waals surface area (Å²) in [5, 5.41) is 0. The summed E-state index contributed by atoms with van der Waals surface area (Å²) in [6.07, 6.45) is 1.08. The van der Waals surface area contributed by atoms with E-state index in [9.17, 15) is 9.59 Å². The van der Waals surface area contributed by atoms with Crippen LogP contribution in [0.3, 0.4) is 0 Å². The van der Waals surface area contributed by atoms with Crippen LogP contribution in [0.15, 0.2) is 30.3 Å². The number of hydrogen-bond donors (Lipinski definition) is 2. The van der Waals surface area contributed by atoms with Gasteiger partial charge in [0.2, 0.25) is 17.8 Å². The van der Waals surface area contributed by atoms with Crippen molar-refractivity contribution in [1.82, 2.24) is 19.9 Å². The zero-order valence-corrected chi connectivity index (χ0v) is 15.2. The minimum absolute atomic E-state index is 0.0391. The second-order valence-electron chi connectivity index (χ2n) is 6.32. The third kappa shape index (κ3) is 3.05. The van der Waals surface area contributed by atoms with Crippen molar-refractivity contribution in [3.05, 3.63) is 41.7 Å². The normalized spacial score (nSPS) is 24.1. The Balaban J connectivity index is 1.52. The van der Waals surface area contributed by atoms with Crippen LogP contribution in [0.25, 0.3) is 0 Å². The van der Waals surface area contributed by atoms with E-state index in [-0.39, 0.29) is 30.2 Å². The van der Waals surface area contributed by atoms with Gasteiger partial charge in [0.15, 0.2) is 12.4 Å². The summed E-state index contributed by atoms with van der Waals surface area (Å²) in [5.74, 6) is 0.0280. The monoisotopic (exact) mass is 386 g/mol. The van der Waals surface area contributed by atoms with Crippen molar-refractivity contribution in [3.8, 4) is 0 Å². The van der Waals surface area contributed by atoms with Crippen LogP contribution in [0.1, 0.15) is 24.2 Å². The number of carbonyl (C=O) groups excluding carboxylic acids is 2. The van der Waals surface area contributed by atoms with Gasteiger partial charge in [-0.25, -0.2) is 4.79 Å². The molecule has 3 heterocycles. The summed E-state index contributed by atoms with van der Waals surface area (Å²) in [6.45, 7) is -0.183. The lowest BCUT2D eigenvalue weighted by molar-refractivity contribution is -0.155. The maximum Gasteiger partial charge on any atom is 0.330 e. The molecule has 1 aromatic carbocycles. The first-order valence-electron chi connectivity index (χ1n) is 8.44. The van der Waals surface area contributed by atoms with E-state index in [1.807, 2.05) is 30.3 Å². The minimum atomic E-state index is -0.651. The number of nitrogens with two attached hydrogens (primary N) is 2. The highest BCUT2D eigenvalue weighted by Gasteiger charge is 2.57. The highest BCUT2D eigenvalue weighted by Crippen LogP contribution is 2.54. The molecule has 4 N–H and O–H groups in total. The predicted molar refractivity (Wildman–Crippen MR) is 98.9 cm³/mol. The van der Waals surface area contributed by atoms with E-state index in [0.717, 1.165) is 5.56 Å². The fourth-order valence-electron chi connectivity index (χ4n) is 3.57. The van der Waals surface area contributed by atoms with E-state index < -0.39 is 16.9 Å². The Morgan fingerprint density at radius 2 is 1.93 bits per heavy atom. The van der Waals surface area contributed by atoms with Gasteiger partial charge in [0, 0.05) is 12.2 Å². The second kappa shape index (κ2) is 6.69. The quantitative estimate of drug-likeness (QED) is 0.726. The van der Waals surface area contributed by atoms with Gasteiger partial charge in [-0.2, -0.15) is 15.0 Å². The molecular formula is C17H18N6O3S. The molecule has 0 unspecified atom stereocenters. The first-order chi connectivity index (χ1) is 13.0. The Morgan fingerprint density at radius 1 is 1.22 bits per heavy atom. The number of ether oxygens (including phenoxy) is 1. The fourth-order valence-corrected chi connectivity index (χ4v) is 5.21. The van der Waals surface area contributed by atoms with E-state index in [0.29, 0.717) is 18.6 Å². The number of thioether (sulfide) groups is 1. The average Bonchev–Trinajstić information content (AvgIpc) is 3.19. The topological polar surface area (TPSA) is 137 Å². The van der Waals surface area contributed by atoms with Crippen molar-refractivity contribution in [2.24, 2.45) is 0 Å². The van der Waals surface area contributed by atoms with E-state index in [1.165, 1.54) is 0 Å².